The van der Waals surface area contributed by atoms with Crippen molar-refractivity contribution in [3.05, 3.63) is 199 Å². The van der Waals surface area contributed by atoms with Crippen LogP contribution >= 0.6 is 0 Å². The minimum absolute atomic E-state index is 0.127. The second-order valence-electron chi connectivity index (χ2n) is 15.8. The van der Waals surface area contributed by atoms with E-state index in [1.807, 2.05) is 27.7 Å². The topological polar surface area (TPSA) is 18.1 Å². The number of rotatable bonds is 6. The van der Waals surface area contributed by atoms with Crippen LogP contribution in [0.15, 0.2) is 192 Å². The predicted octanol–water partition coefficient (Wildman–Crippen LogP) is 12.1. The lowest BCUT2D eigenvalue weighted by Gasteiger charge is -2.43. The first-order valence-corrected chi connectivity index (χ1v) is 20.8. The molecule has 59 heavy (non-hydrogen) atoms. The molecule has 0 amide bonds. The average Bonchev–Trinajstić information content (AvgIpc) is 1.67. The first kappa shape index (κ1) is 17.0. The Bertz CT molecular complexity index is 4740. The normalized spacial score (nSPS) is 21.6. The lowest BCUT2D eigenvalue weighted by molar-refractivity contribution is 0.332. The number of hydrogen-bond donors (Lipinski definition) is 0. The molecule has 0 N–H and O–H groups in total. The molecule has 2 nitrogen and oxygen atoms in total. The van der Waals surface area contributed by atoms with E-state index in [2.05, 4.69) is 0 Å². The maximum Gasteiger partial charge on any atom is 0.179 e. The second-order valence-corrected chi connectivity index (χ2v) is 19.4. The van der Waals surface area contributed by atoms with Gasteiger partial charge in [-0.3, -0.25) is 0 Å². The molecule has 0 saturated heterocycles. The van der Waals surface area contributed by atoms with E-state index in [1.54, 1.807) is 12.1 Å². The highest BCUT2D eigenvalue weighted by atomic mass is 28.3. The van der Waals surface area contributed by atoms with Gasteiger partial charge in [0.2, 0.25) is 0 Å². The summed E-state index contributed by atoms with van der Waals surface area (Å²) in [7, 11) is -5.85. The van der Waals surface area contributed by atoms with Crippen LogP contribution in [0.25, 0.3) is 60.6 Å². The van der Waals surface area contributed by atoms with Gasteiger partial charge in [-0.15, -0.1) is 0 Å². The van der Waals surface area contributed by atoms with Crippen LogP contribution in [0.4, 0.5) is 0 Å². The summed E-state index contributed by atoms with van der Waals surface area (Å²) < 4.78 is 269. The molecular weight excluding hydrogens is 731 g/mol. The van der Waals surface area contributed by atoms with Crippen molar-refractivity contribution < 1.29 is 42.8 Å². The number of furan rings is 1. The van der Waals surface area contributed by atoms with E-state index in [0.717, 1.165) is 10.1 Å². The Balaban J connectivity index is 1.45. The summed E-state index contributed by atoms with van der Waals surface area (Å²) in [5, 5.41) is -4.66. The Morgan fingerprint density at radius 1 is 0.508 bits per heavy atom. The lowest BCUT2D eigenvalue weighted by Crippen LogP contribution is -2.75. The van der Waals surface area contributed by atoms with Crippen LogP contribution in [-0.4, -0.2) is 12.6 Å². The molecule has 10 aromatic rings. The lowest BCUT2D eigenvalue weighted by atomic mass is 9.63. The number of hydrogen-bond acceptors (Lipinski definition) is 1. The largest absolute Gasteiger partial charge is 0.456 e. The Kier molecular flexibility index (Phi) is 3.84. The molecular formula is C56H47NOSi. The first-order valence-electron chi connectivity index (χ1n) is 32.8. The van der Waals surface area contributed by atoms with E-state index in [4.69, 9.17) is 15.4 Å². The SMILES string of the molecule is [2H]c1c([2H])c([2H])c([Si](c2ccc3c(c2)C(C)(C)CCC3(C)C)(c2c([2H])c([2H])c([2H])c([2H])c2[2H])c2c([2H])c([2H])c([2H])c(-n3c4c([2H])c([2H])c([2H])c([2H])c4c4c(-c5c([2H])c([2H])c6oc7c([2H])c([2H])c([2H])c([2H])c7c6c5[2H])c([2H])c([2H])c([2H])c43)c2[2H])c([2H])c1[2H]. The van der Waals surface area contributed by atoms with Gasteiger partial charge in [0.05, 0.1) is 49.4 Å². The van der Waals surface area contributed by atoms with Crippen LogP contribution in [0.1, 0.15) is 90.0 Å². The molecule has 0 unspecified atom stereocenters. The zero-order valence-electron chi connectivity index (χ0n) is 60.0. The molecule has 0 spiro atoms. The standard InChI is InChI=1S/C56H47NOSi/c1-55(2)33-34-56(3,4)49-37-43(30-31-48(49)55)59(40-18-7-5-8-19-40,41-20-9-6-10-21-41)42-22-15-17-39(36-42)57-50-26-13-11-24-46(50)54-44(25-16-27-51(54)57)38-29-32-53-47(35-38)45-23-12-14-28-52(45)58-53/h5-32,35-37H,33-34H2,1-4H3/i5D,6D,7D,8D,9D,10D,11D,12D,13D,14D,15D,16D,17D,18D,19D,20D,21D,22D,23D,24D,25D,26D,27D,28D,29D,32D,35D,36D. The quantitative estimate of drug-likeness (QED) is 0.121. The molecule has 0 atom stereocenters. The van der Waals surface area contributed by atoms with Crippen LogP contribution < -0.4 is 20.7 Å². The molecule has 1 aliphatic rings. The van der Waals surface area contributed by atoms with Gasteiger partial charge in [-0.1, -0.05) is 173 Å². The van der Waals surface area contributed by atoms with E-state index in [9.17, 15) is 27.4 Å². The molecule has 0 radical (unpaired) electrons. The molecule has 1 aliphatic carbocycles. The zero-order chi connectivity index (χ0) is 64.3. The maximum atomic E-state index is 10.8. The van der Waals surface area contributed by atoms with E-state index in [0.29, 0.717) is 18.4 Å². The van der Waals surface area contributed by atoms with Crippen LogP contribution in [-0.2, 0) is 10.8 Å². The molecule has 0 bridgehead atoms. The summed E-state index contributed by atoms with van der Waals surface area (Å²) in [6.07, 6.45) is 1.20. The van der Waals surface area contributed by atoms with Crippen molar-refractivity contribution in [3.63, 3.8) is 0 Å². The third kappa shape index (κ3) is 5.45. The third-order valence-corrected chi connectivity index (χ3v) is 15.8. The van der Waals surface area contributed by atoms with Gasteiger partial charge in [-0.25, -0.2) is 0 Å². The predicted molar refractivity (Wildman–Crippen MR) is 252 cm³/mol. The van der Waals surface area contributed by atoms with Crippen molar-refractivity contribution in [2.75, 3.05) is 0 Å². The van der Waals surface area contributed by atoms with Gasteiger partial charge in [0.1, 0.15) is 11.2 Å². The molecule has 8 aromatic carbocycles. The fraction of sp³-hybridized carbons (Fsp3) is 0.143. The summed E-state index contributed by atoms with van der Waals surface area (Å²) in [4.78, 5) is 0. The molecule has 2 aromatic heterocycles. The Hall–Kier alpha value is -6.42. The fourth-order valence-electron chi connectivity index (χ4n) is 8.55. The summed E-state index contributed by atoms with van der Waals surface area (Å²) in [6, 6.07) is -22.1. The van der Waals surface area contributed by atoms with Crippen LogP contribution in [0, 0.1) is 0 Å². The molecule has 2 heterocycles. The molecule has 286 valence electrons. The highest BCUT2D eigenvalue weighted by molar-refractivity contribution is 7.19. The van der Waals surface area contributed by atoms with Crippen molar-refractivity contribution in [2.45, 2.75) is 51.4 Å². The molecule has 0 fully saturated rings. The van der Waals surface area contributed by atoms with Gasteiger partial charge in [0.25, 0.3) is 0 Å². The molecule has 3 heteroatoms. The van der Waals surface area contributed by atoms with E-state index in [1.165, 1.54) is 6.07 Å². The molecule has 0 saturated carbocycles. The Morgan fingerprint density at radius 2 is 1.12 bits per heavy atom. The van der Waals surface area contributed by atoms with Crippen LogP contribution in [0.2, 0.25) is 0 Å². The van der Waals surface area contributed by atoms with E-state index >= 15 is 0 Å². The minimum atomic E-state index is -5.85. The van der Waals surface area contributed by atoms with Crippen LogP contribution in [0.5, 0.6) is 0 Å². The summed E-state index contributed by atoms with van der Waals surface area (Å²) >= 11 is 0. The number of fused-ring (bicyclic) bond motifs is 7. The van der Waals surface area contributed by atoms with E-state index in [-0.39, 0.29) is 5.19 Å². The van der Waals surface area contributed by atoms with Gasteiger partial charge < -0.3 is 8.98 Å². The highest BCUT2D eigenvalue weighted by Crippen LogP contribution is 2.46. The highest BCUT2D eigenvalue weighted by Gasteiger charge is 2.44. The summed E-state index contributed by atoms with van der Waals surface area (Å²) in [5.41, 5.74) is -4.97. The number of aromatic nitrogens is 1. The Morgan fingerprint density at radius 3 is 1.88 bits per heavy atom. The maximum absolute atomic E-state index is 10.8. The number of para-hydroxylation sites is 2. The first-order chi connectivity index (χ1) is 40.4. The van der Waals surface area contributed by atoms with Gasteiger partial charge in [-0.2, -0.15) is 0 Å². The van der Waals surface area contributed by atoms with Gasteiger partial charge in [0.15, 0.2) is 8.07 Å². The fourth-order valence-corrected chi connectivity index (χ4v) is 12.4. The second kappa shape index (κ2) is 13.3. The van der Waals surface area contributed by atoms with Crippen molar-refractivity contribution in [3.8, 4) is 16.8 Å². The average molecular weight is 806 g/mol. The number of benzene rings is 8. The minimum Gasteiger partial charge on any atom is -0.456 e. The monoisotopic (exact) mass is 806 g/mol. The van der Waals surface area contributed by atoms with Crippen molar-refractivity contribution >= 4 is 72.6 Å². The number of nitrogens with zero attached hydrogens (tertiary/aromatic N) is 1. The smallest absolute Gasteiger partial charge is 0.179 e. The summed E-state index contributed by atoms with van der Waals surface area (Å²) in [5.74, 6) is 0. The zero-order valence-corrected chi connectivity index (χ0v) is 33.0. The molecule has 0 aliphatic heterocycles. The van der Waals surface area contributed by atoms with Crippen molar-refractivity contribution in [1.29, 1.82) is 0 Å². The van der Waals surface area contributed by atoms with Crippen molar-refractivity contribution in [2.24, 2.45) is 0 Å². The van der Waals surface area contributed by atoms with Crippen LogP contribution in [0.3, 0.4) is 0 Å². The van der Waals surface area contributed by atoms with Crippen molar-refractivity contribution in [1.82, 2.24) is 4.57 Å². The third-order valence-electron chi connectivity index (χ3n) is 11.6. The van der Waals surface area contributed by atoms with Gasteiger partial charge in [0, 0.05) is 27.2 Å². The van der Waals surface area contributed by atoms with E-state index < -0.39 is 264 Å². The summed E-state index contributed by atoms with van der Waals surface area (Å²) in [6.45, 7) is 7.79. The Labute approximate surface area is 386 Å². The van der Waals surface area contributed by atoms with Gasteiger partial charge in [-0.05, 0) is 109 Å². The van der Waals surface area contributed by atoms with Gasteiger partial charge >= 0.3 is 0 Å². The molecule has 11 rings (SSSR count).